The fraction of sp³-hybridized carbons (Fsp3) is 0.444. The van der Waals surface area contributed by atoms with Crippen LogP contribution in [0, 0.1) is 5.92 Å². The van der Waals surface area contributed by atoms with Crippen LogP contribution >= 0.6 is 38.9 Å². The van der Waals surface area contributed by atoms with Crippen molar-refractivity contribution in [3.8, 4) is 0 Å². The Morgan fingerprint density at radius 2 is 2.50 bits per heavy atom. The summed E-state index contributed by atoms with van der Waals surface area (Å²) in [6, 6.07) is 1.81. The van der Waals surface area contributed by atoms with Crippen molar-refractivity contribution in [3.05, 3.63) is 20.8 Å². The molecule has 0 radical (unpaired) electrons. The highest BCUT2D eigenvalue weighted by Crippen LogP contribution is 2.20. The Morgan fingerprint density at radius 1 is 1.79 bits per heavy atom. The highest BCUT2D eigenvalue weighted by Gasteiger charge is 2.08. The van der Waals surface area contributed by atoms with Gasteiger partial charge in [-0.1, -0.05) is 6.92 Å². The van der Waals surface area contributed by atoms with Gasteiger partial charge in [0.15, 0.2) is 0 Å². The zero-order chi connectivity index (χ0) is 10.6. The molecule has 0 aliphatic heterocycles. The molecule has 1 atom stereocenters. The molecular weight excluding hydrogens is 286 g/mol. The molecule has 0 bridgehead atoms. The van der Waals surface area contributed by atoms with Gasteiger partial charge in [-0.2, -0.15) is 0 Å². The van der Waals surface area contributed by atoms with E-state index in [1.165, 1.54) is 11.3 Å². The number of amides is 1. The maximum Gasteiger partial charge on any atom is 0.252 e. The summed E-state index contributed by atoms with van der Waals surface area (Å²) in [5.74, 6) is 0.833. The van der Waals surface area contributed by atoms with Crippen LogP contribution in [0.4, 0.5) is 0 Å². The van der Waals surface area contributed by atoms with Gasteiger partial charge in [0, 0.05) is 17.8 Å². The molecule has 1 aromatic rings. The molecule has 1 heterocycles. The van der Waals surface area contributed by atoms with E-state index in [1.807, 2.05) is 18.4 Å². The third-order valence-electron chi connectivity index (χ3n) is 1.70. The van der Waals surface area contributed by atoms with Crippen molar-refractivity contribution in [2.24, 2.45) is 5.92 Å². The van der Waals surface area contributed by atoms with E-state index in [0.717, 1.165) is 3.79 Å². The van der Waals surface area contributed by atoms with Crippen molar-refractivity contribution in [2.45, 2.75) is 6.92 Å². The minimum Gasteiger partial charge on any atom is -0.352 e. The maximum absolute atomic E-state index is 11.5. The minimum atomic E-state index is -0.0380. The molecule has 0 aliphatic carbocycles. The maximum atomic E-state index is 11.5. The third-order valence-corrected chi connectivity index (χ3v) is 3.74. The van der Waals surface area contributed by atoms with E-state index in [1.54, 1.807) is 0 Å². The number of thiophene rings is 1. The van der Waals surface area contributed by atoms with Crippen molar-refractivity contribution in [2.75, 3.05) is 12.4 Å². The second-order valence-corrected chi connectivity index (χ2v) is 5.71. The molecule has 1 aromatic heterocycles. The van der Waals surface area contributed by atoms with Crippen LogP contribution < -0.4 is 5.32 Å². The summed E-state index contributed by atoms with van der Waals surface area (Å²) in [5.41, 5.74) is 0.698. The van der Waals surface area contributed by atoms with Crippen molar-refractivity contribution < 1.29 is 4.79 Å². The lowest BCUT2D eigenvalue weighted by molar-refractivity contribution is 0.0949. The lowest BCUT2D eigenvalue weighted by Gasteiger charge is -2.07. The Balaban J connectivity index is 2.43. The predicted molar refractivity (Wildman–Crippen MR) is 64.2 cm³/mol. The molecule has 0 fully saturated rings. The van der Waals surface area contributed by atoms with Gasteiger partial charge in [-0.3, -0.25) is 4.79 Å². The molecule has 1 amide bonds. The number of halogens is 2. The van der Waals surface area contributed by atoms with Crippen LogP contribution in [0.5, 0.6) is 0 Å². The van der Waals surface area contributed by atoms with Crippen LogP contribution in [0.25, 0.3) is 0 Å². The predicted octanol–water partition coefficient (Wildman–Crippen LogP) is 3.12. The first-order valence-electron chi connectivity index (χ1n) is 4.21. The van der Waals surface area contributed by atoms with E-state index in [2.05, 4.69) is 21.2 Å². The SMILES string of the molecule is CC(CCl)CNC(=O)c1csc(Br)c1. The van der Waals surface area contributed by atoms with Crippen LogP contribution in [-0.2, 0) is 0 Å². The standard InChI is InChI=1S/C9H11BrClNOS/c1-6(3-11)4-12-9(13)7-2-8(10)14-5-7/h2,5-6H,3-4H2,1H3,(H,12,13). The molecule has 0 aliphatic rings. The topological polar surface area (TPSA) is 29.1 Å². The summed E-state index contributed by atoms with van der Waals surface area (Å²) in [7, 11) is 0. The molecule has 14 heavy (non-hydrogen) atoms. The smallest absolute Gasteiger partial charge is 0.252 e. The molecule has 1 unspecified atom stereocenters. The third kappa shape index (κ3) is 3.59. The van der Waals surface area contributed by atoms with E-state index >= 15 is 0 Å². The molecule has 0 saturated heterocycles. The fourth-order valence-corrected chi connectivity index (χ4v) is 2.10. The quantitative estimate of drug-likeness (QED) is 0.850. The highest BCUT2D eigenvalue weighted by atomic mass is 79.9. The average Bonchev–Trinajstić information content (AvgIpc) is 2.60. The summed E-state index contributed by atoms with van der Waals surface area (Å²) < 4.78 is 0.966. The summed E-state index contributed by atoms with van der Waals surface area (Å²) in [6.07, 6.45) is 0. The lowest BCUT2D eigenvalue weighted by atomic mass is 10.2. The first kappa shape index (κ1) is 12.0. The van der Waals surface area contributed by atoms with Gasteiger partial charge in [0.1, 0.15) is 0 Å². The van der Waals surface area contributed by atoms with Crippen molar-refractivity contribution >= 4 is 44.8 Å². The molecule has 1 N–H and O–H groups in total. The first-order valence-corrected chi connectivity index (χ1v) is 6.42. The zero-order valence-corrected chi connectivity index (χ0v) is 10.9. The number of nitrogens with one attached hydrogen (secondary N) is 1. The van der Waals surface area contributed by atoms with Gasteiger partial charge in [-0.25, -0.2) is 0 Å². The second-order valence-electron chi connectivity index (χ2n) is 3.11. The van der Waals surface area contributed by atoms with E-state index in [0.29, 0.717) is 23.9 Å². The van der Waals surface area contributed by atoms with Crippen LogP contribution in [0.15, 0.2) is 15.2 Å². The van der Waals surface area contributed by atoms with Gasteiger partial charge in [-0.15, -0.1) is 22.9 Å². The minimum absolute atomic E-state index is 0.0380. The van der Waals surface area contributed by atoms with Crippen LogP contribution in [-0.4, -0.2) is 18.3 Å². The molecule has 0 saturated carbocycles. The van der Waals surface area contributed by atoms with Gasteiger partial charge in [0.2, 0.25) is 0 Å². The van der Waals surface area contributed by atoms with Gasteiger partial charge >= 0.3 is 0 Å². The van der Waals surface area contributed by atoms with Gasteiger partial charge in [0.05, 0.1) is 9.35 Å². The summed E-state index contributed by atoms with van der Waals surface area (Å²) in [6.45, 7) is 2.62. The Morgan fingerprint density at radius 3 is 3.00 bits per heavy atom. The molecule has 1 rings (SSSR count). The lowest BCUT2D eigenvalue weighted by Crippen LogP contribution is -2.28. The molecule has 0 aromatic carbocycles. The van der Waals surface area contributed by atoms with Crippen LogP contribution in [0.1, 0.15) is 17.3 Å². The normalized spacial score (nSPS) is 12.5. The molecule has 0 spiro atoms. The zero-order valence-electron chi connectivity index (χ0n) is 7.72. The summed E-state index contributed by atoms with van der Waals surface area (Å²) in [5, 5.41) is 4.65. The second kappa shape index (κ2) is 5.73. The number of carbonyl (C=O) groups excluding carboxylic acids is 1. The van der Waals surface area contributed by atoms with Crippen molar-refractivity contribution in [1.29, 1.82) is 0 Å². The van der Waals surface area contributed by atoms with Crippen molar-refractivity contribution in [3.63, 3.8) is 0 Å². The number of rotatable bonds is 4. The average molecular weight is 297 g/mol. The van der Waals surface area contributed by atoms with Crippen LogP contribution in [0.2, 0.25) is 0 Å². The molecule has 2 nitrogen and oxygen atoms in total. The van der Waals surface area contributed by atoms with E-state index in [9.17, 15) is 4.79 Å². The Labute approximate surface area is 101 Å². The Hall–Kier alpha value is -0.0600. The number of alkyl halides is 1. The number of hydrogen-bond acceptors (Lipinski definition) is 2. The first-order chi connectivity index (χ1) is 6.63. The largest absolute Gasteiger partial charge is 0.352 e. The van der Waals surface area contributed by atoms with Gasteiger partial charge in [0.25, 0.3) is 5.91 Å². The Bertz CT molecular complexity index is 316. The summed E-state index contributed by atoms with van der Waals surface area (Å²) in [4.78, 5) is 11.5. The van der Waals surface area contributed by atoms with E-state index in [4.69, 9.17) is 11.6 Å². The summed E-state index contributed by atoms with van der Waals surface area (Å²) >= 11 is 10.4. The Kier molecular flexibility index (Phi) is 4.92. The number of carbonyl (C=O) groups is 1. The monoisotopic (exact) mass is 295 g/mol. The van der Waals surface area contributed by atoms with Gasteiger partial charge < -0.3 is 5.32 Å². The number of hydrogen-bond donors (Lipinski definition) is 1. The molecule has 5 heteroatoms. The fourth-order valence-electron chi connectivity index (χ4n) is 0.853. The highest BCUT2D eigenvalue weighted by molar-refractivity contribution is 9.11. The molecular formula is C9H11BrClNOS. The van der Waals surface area contributed by atoms with Crippen molar-refractivity contribution in [1.82, 2.24) is 5.32 Å². The molecule has 78 valence electrons. The van der Waals surface area contributed by atoms with E-state index < -0.39 is 0 Å². The van der Waals surface area contributed by atoms with E-state index in [-0.39, 0.29) is 5.91 Å². The van der Waals surface area contributed by atoms with Crippen LogP contribution in [0.3, 0.4) is 0 Å². The van der Waals surface area contributed by atoms with Gasteiger partial charge in [-0.05, 0) is 27.9 Å².